The highest BCUT2D eigenvalue weighted by Crippen LogP contribution is 2.31. The van der Waals surface area contributed by atoms with Gasteiger partial charge in [-0.15, -0.1) is 0 Å². The Balaban J connectivity index is 0.000000460. The van der Waals surface area contributed by atoms with Crippen LogP contribution in [0.15, 0.2) is 114 Å². The first-order valence-corrected chi connectivity index (χ1v) is 11.3. The first-order valence-electron chi connectivity index (χ1n) is 9.88. The summed E-state index contributed by atoms with van der Waals surface area (Å²) < 4.78 is 26.0. The summed E-state index contributed by atoms with van der Waals surface area (Å²) in [7, 11) is -3.75. The molecule has 168 valence electrons. The average molecular weight is 458 g/mol. The minimum absolute atomic E-state index is 0.0320. The molecule has 1 amide bonds. The maximum Gasteiger partial charge on any atom is 0.269 e. The summed E-state index contributed by atoms with van der Waals surface area (Å²) >= 11 is 0. The number of nitrogens with zero attached hydrogens (tertiary/aromatic N) is 1. The van der Waals surface area contributed by atoms with E-state index in [4.69, 9.17) is 0 Å². The highest BCUT2D eigenvalue weighted by atomic mass is 32.2. The molecule has 0 aromatic heterocycles. The van der Waals surface area contributed by atoms with E-state index >= 15 is 0 Å². The Labute approximate surface area is 196 Å². The van der Waals surface area contributed by atoms with Crippen molar-refractivity contribution < 1.29 is 13.2 Å². The second-order valence-corrected chi connectivity index (χ2v) is 9.55. The smallest absolute Gasteiger partial charge is 0.268 e. The largest absolute Gasteiger partial charge is 0.269 e. The Morgan fingerprint density at radius 3 is 1.70 bits per heavy atom. The third kappa shape index (κ3) is 7.29. The van der Waals surface area contributed by atoms with E-state index in [0.29, 0.717) is 0 Å². The lowest BCUT2D eigenvalue weighted by atomic mass is 9.87. The topological polar surface area (TPSA) is 54.5 Å². The fourth-order valence-electron chi connectivity index (χ4n) is 2.79. The molecule has 4 nitrogen and oxygen atoms in total. The van der Waals surface area contributed by atoms with Crippen LogP contribution in [0.2, 0.25) is 0 Å². The highest BCUT2D eigenvalue weighted by Gasteiger charge is 2.40. The van der Waals surface area contributed by atoms with Crippen LogP contribution >= 0.6 is 0 Å². The van der Waals surface area contributed by atoms with E-state index in [1.54, 1.807) is 18.2 Å². The predicted molar refractivity (Wildman–Crippen MR) is 132 cm³/mol. The Morgan fingerprint density at radius 2 is 1.30 bits per heavy atom. The summed E-state index contributed by atoms with van der Waals surface area (Å²) in [5.41, 5.74) is 16.4. The van der Waals surface area contributed by atoms with E-state index < -0.39 is 15.9 Å². The molecule has 1 aliphatic heterocycles. The molecule has 1 aliphatic rings. The monoisotopic (exact) mass is 457 g/mol. The third-order valence-corrected chi connectivity index (χ3v) is 6.20. The third-order valence-electron chi connectivity index (χ3n) is 4.41. The van der Waals surface area contributed by atoms with Gasteiger partial charge in [-0.05, 0) is 66.5 Å². The molecule has 33 heavy (non-hydrogen) atoms. The van der Waals surface area contributed by atoms with Crippen LogP contribution < -0.4 is 0 Å². The lowest BCUT2D eigenvalue weighted by Gasteiger charge is -2.20. The highest BCUT2D eigenvalue weighted by molar-refractivity contribution is 7.90. The minimum atomic E-state index is -3.75. The molecule has 0 unspecified atom stereocenters. The van der Waals surface area contributed by atoms with Crippen molar-refractivity contribution in [1.82, 2.24) is 4.31 Å². The number of hydrogen-bond donors (Lipinski definition) is 0. The van der Waals surface area contributed by atoms with Crippen LogP contribution in [0.4, 0.5) is 0 Å². The number of amides is 1. The van der Waals surface area contributed by atoms with Gasteiger partial charge in [0.2, 0.25) is 0 Å². The Bertz CT molecular complexity index is 1270. The van der Waals surface area contributed by atoms with E-state index in [9.17, 15) is 13.2 Å². The van der Waals surface area contributed by atoms with E-state index in [0.717, 1.165) is 9.87 Å². The van der Waals surface area contributed by atoms with Crippen molar-refractivity contribution in [3.63, 3.8) is 0 Å². The van der Waals surface area contributed by atoms with Crippen LogP contribution in [0.5, 0.6) is 0 Å². The zero-order valence-corrected chi connectivity index (χ0v) is 20.1. The second kappa shape index (κ2) is 12.2. The minimum Gasteiger partial charge on any atom is -0.268 e. The van der Waals surface area contributed by atoms with Gasteiger partial charge in [-0.25, -0.2) is 12.7 Å². The van der Waals surface area contributed by atoms with E-state index in [2.05, 4.69) is 81.5 Å². The lowest BCUT2D eigenvalue weighted by Crippen LogP contribution is -2.29. The summed E-state index contributed by atoms with van der Waals surface area (Å²) in [4.78, 5) is 12.5. The SMILES string of the molecule is C=C=C=C=C.C=C=C=C=C.CC(C)(C)c1ccc(CN2C(=O)c3ccccc3S2(=O)=O)cc1. The van der Waals surface area contributed by atoms with Gasteiger partial charge in [0, 0.05) is 0 Å². The molecule has 0 atom stereocenters. The Hall–Kier alpha value is -3.98. The number of rotatable bonds is 2. The Morgan fingerprint density at radius 1 is 0.818 bits per heavy atom. The second-order valence-electron chi connectivity index (χ2n) is 7.72. The zero-order chi connectivity index (χ0) is 25.1. The van der Waals surface area contributed by atoms with Crippen molar-refractivity contribution in [3.05, 3.63) is 126 Å². The molecule has 5 heteroatoms. The van der Waals surface area contributed by atoms with Gasteiger partial charge < -0.3 is 0 Å². The Kier molecular flexibility index (Phi) is 9.97. The summed E-state index contributed by atoms with van der Waals surface area (Å²) in [6.07, 6.45) is 0. The van der Waals surface area contributed by atoms with Gasteiger partial charge in [0.25, 0.3) is 15.9 Å². The van der Waals surface area contributed by atoms with Gasteiger partial charge in [0.15, 0.2) is 0 Å². The van der Waals surface area contributed by atoms with Crippen LogP contribution in [0.1, 0.15) is 42.3 Å². The van der Waals surface area contributed by atoms with Crippen LogP contribution in [-0.2, 0) is 22.0 Å². The lowest BCUT2D eigenvalue weighted by molar-refractivity contribution is 0.0865. The van der Waals surface area contributed by atoms with Gasteiger partial charge in [-0.1, -0.05) is 80.1 Å². The first kappa shape index (κ1) is 27.1. The molecule has 0 saturated heterocycles. The molecule has 0 aliphatic carbocycles. The van der Waals surface area contributed by atoms with Crippen LogP contribution in [0, 0.1) is 0 Å². The number of carbonyl (C=O) groups is 1. The standard InChI is InChI=1S/C18H19NO3S.2C5H4/c1-18(2,3)14-10-8-13(9-11-14)12-19-17(20)15-6-4-5-7-16(15)23(19,21)22;2*1-3-5-4-2/h4-11H,12H2,1-3H3;2*1-2H2. The maximum absolute atomic E-state index is 12.5. The number of sulfonamides is 1. The quantitative estimate of drug-likeness (QED) is 0.531. The normalized spacial score (nSPS) is 12.5. The number of hydrogen-bond acceptors (Lipinski definition) is 3. The van der Waals surface area contributed by atoms with E-state index in [1.165, 1.54) is 11.6 Å². The molecule has 0 spiro atoms. The molecule has 0 fully saturated rings. The van der Waals surface area contributed by atoms with Crippen LogP contribution in [0.25, 0.3) is 0 Å². The predicted octanol–water partition coefficient (Wildman–Crippen LogP) is 5.86. The van der Waals surface area contributed by atoms with Gasteiger partial charge in [-0.3, -0.25) is 4.79 Å². The molecule has 0 bridgehead atoms. The molecule has 3 rings (SSSR count). The summed E-state index contributed by atoms with van der Waals surface area (Å²) in [6, 6.07) is 14.1. The molecule has 2 aromatic carbocycles. The van der Waals surface area contributed by atoms with Crippen molar-refractivity contribution in [2.45, 2.75) is 37.6 Å². The summed E-state index contributed by atoms with van der Waals surface area (Å²) in [5.74, 6) is -0.458. The van der Waals surface area contributed by atoms with Crippen molar-refractivity contribution in [2.24, 2.45) is 0 Å². The molecular formula is C28H27NO3S. The zero-order valence-electron chi connectivity index (χ0n) is 19.2. The van der Waals surface area contributed by atoms with Crippen molar-refractivity contribution >= 4 is 15.9 Å². The molecule has 0 saturated carbocycles. The fourth-order valence-corrected chi connectivity index (χ4v) is 4.35. The van der Waals surface area contributed by atoms with Crippen LogP contribution in [0.3, 0.4) is 0 Å². The van der Waals surface area contributed by atoms with Crippen molar-refractivity contribution in [2.75, 3.05) is 0 Å². The maximum atomic E-state index is 12.5. The fraction of sp³-hybridized carbons (Fsp3) is 0.179. The van der Waals surface area contributed by atoms with Gasteiger partial charge in [-0.2, -0.15) is 0 Å². The van der Waals surface area contributed by atoms with Gasteiger partial charge in [0.1, 0.15) is 4.90 Å². The molecule has 2 aromatic rings. The van der Waals surface area contributed by atoms with Crippen molar-refractivity contribution in [1.29, 1.82) is 0 Å². The number of fused-ring (bicyclic) bond motifs is 1. The molecule has 0 N–H and O–H groups in total. The van der Waals surface area contributed by atoms with Crippen molar-refractivity contribution in [3.8, 4) is 0 Å². The number of carbonyl (C=O) groups excluding carboxylic acids is 1. The molecular weight excluding hydrogens is 430 g/mol. The molecule has 0 radical (unpaired) electrons. The first-order chi connectivity index (χ1) is 15.5. The van der Waals surface area contributed by atoms with E-state index in [-0.39, 0.29) is 22.4 Å². The van der Waals surface area contributed by atoms with Crippen LogP contribution in [-0.4, -0.2) is 18.6 Å². The molecule has 1 heterocycles. The van der Waals surface area contributed by atoms with E-state index in [1.807, 2.05) is 24.3 Å². The average Bonchev–Trinajstić information content (AvgIpc) is 2.96. The summed E-state index contributed by atoms with van der Waals surface area (Å²) in [6.45, 7) is 19.3. The van der Waals surface area contributed by atoms with Gasteiger partial charge >= 0.3 is 0 Å². The number of benzene rings is 2. The van der Waals surface area contributed by atoms with Gasteiger partial charge in [0.05, 0.1) is 12.1 Å². The summed E-state index contributed by atoms with van der Waals surface area (Å²) in [5, 5.41) is 0.